The van der Waals surface area contributed by atoms with Crippen LogP contribution in [0, 0.1) is 0 Å². The molecule has 0 bridgehead atoms. The molecular formula is C11H15FO. The van der Waals surface area contributed by atoms with Crippen molar-refractivity contribution in [2.75, 3.05) is 13.3 Å². The quantitative estimate of drug-likeness (QED) is 0.634. The van der Waals surface area contributed by atoms with Crippen LogP contribution in [0.15, 0.2) is 24.3 Å². The van der Waals surface area contributed by atoms with Crippen LogP contribution in [0.2, 0.25) is 0 Å². The van der Waals surface area contributed by atoms with Crippen LogP contribution in [0.1, 0.15) is 18.9 Å². The predicted octanol–water partition coefficient (Wildman–Crippen LogP) is 2.99. The maximum Gasteiger partial charge on any atom is 0.119 e. The number of ether oxygens (including phenoxy) is 1. The van der Waals surface area contributed by atoms with E-state index in [4.69, 9.17) is 4.74 Å². The zero-order valence-electron chi connectivity index (χ0n) is 7.92. The molecule has 0 atom stereocenters. The molecule has 72 valence electrons. The van der Waals surface area contributed by atoms with Gasteiger partial charge in [0.1, 0.15) is 5.75 Å². The highest BCUT2D eigenvalue weighted by Gasteiger charge is 1.93. The van der Waals surface area contributed by atoms with Crippen molar-refractivity contribution >= 4 is 0 Å². The molecule has 0 unspecified atom stereocenters. The average molecular weight is 181 g/mol. The molecule has 1 aromatic carbocycles. The molecule has 13 heavy (non-hydrogen) atoms. The fraction of sp³-hybridized carbons (Fsp3) is 0.455. The Morgan fingerprint density at radius 2 is 1.92 bits per heavy atom. The Bertz CT molecular complexity index is 230. The molecule has 0 aliphatic carbocycles. The Morgan fingerprint density at radius 3 is 2.46 bits per heavy atom. The fourth-order valence-corrected chi connectivity index (χ4v) is 1.07. The van der Waals surface area contributed by atoms with E-state index >= 15 is 0 Å². The average Bonchev–Trinajstić information content (AvgIpc) is 2.19. The van der Waals surface area contributed by atoms with Crippen molar-refractivity contribution in [3.63, 3.8) is 0 Å². The lowest BCUT2D eigenvalue weighted by Gasteiger charge is -2.04. The SMILES string of the molecule is CCc1ccc(OCCC[18F])cc1. The standard InChI is InChI=1S/C11H15FO/c1-2-10-4-6-11(7-5-10)13-9-3-8-12/h4-7H,2-3,8-9H2,1H3/i12-1. The van der Waals surface area contributed by atoms with E-state index in [0.29, 0.717) is 13.0 Å². The van der Waals surface area contributed by atoms with Crippen LogP contribution in [0.25, 0.3) is 0 Å². The zero-order valence-corrected chi connectivity index (χ0v) is 7.92. The van der Waals surface area contributed by atoms with Crippen LogP contribution < -0.4 is 4.74 Å². The van der Waals surface area contributed by atoms with Gasteiger partial charge in [-0.15, -0.1) is 0 Å². The van der Waals surface area contributed by atoms with Gasteiger partial charge in [-0.3, -0.25) is 4.39 Å². The van der Waals surface area contributed by atoms with E-state index in [9.17, 15) is 4.39 Å². The minimum absolute atomic E-state index is 0.312. The number of alkyl halides is 1. The van der Waals surface area contributed by atoms with E-state index in [1.54, 1.807) is 0 Å². The Labute approximate surface area is 78.5 Å². The first-order valence-corrected chi connectivity index (χ1v) is 4.64. The van der Waals surface area contributed by atoms with Gasteiger partial charge in [-0.25, -0.2) is 0 Å². The van der Waals surface area contributed by atoms with E-state index in [-0.39, 0.29) is 6.67 Å². The largest absolute Gasteiger partial charge is 0.494 e. The first-order valence-electron chi connectivity index (χ1n) is 4.64. The molecule has 0 aliphatic rings. The molecule has 0 amide bonds. The van der Waals surface area contributed by atoms with Crippen LogP contribution in [0.3, 0.4) is 0 Å². The summed E-state index contributed by atoms with van der Waals surface area (Å²) in [4.78, 5) is 0. The third-order valence-electron chi connectivity index (χ3n) is 1.88. The van der Waals surface area contributed by atoms with Crippen molar-refractivity contribution in [1.29, 1.82) is 0 Å². The first-order chi connectivity index (χ1) is 6.36. The van der Waals surface area contributed by atoms with Crippen molar-refractivity contribution in [3.05, 3.63) is 29.8 Å². The molecule has 0 radical (unpaired) electrons. The highest BCUT2D eigenvalue weighted by Crippen LogP contribution is 2.12. The van der Waals surface area contributed by atoms with Crippen molar-refractivity contribution in [1.82, 2.24) is 0 Å². The van der Waals surface area contributed by atoms with Gasteiger partial charge >= 0.3 is 0 Å². The second kappa shape index (κ2) is 5.57. The van der Waals surface area contributed by atoms with Gasteiger partial charge < -0.3 is 4.74 Å². The Morgan fingerprint density at radius 1 is 1.23 bits per heavy atom. The summed E-state index contributed by atoms with van der Waals surface area (Å²) in [6.45, 7) is 2.26. The minimum atomic E-state index is -0.312. The normalized spacial score (nSPS) is 10.0. The van der Waals surface area contributed by atoms with E-state index in [0.717, 1.165) is 12.2 Å². The number of aryl methyl sites for hydroxylation is 1. The summed E-state index contributed by atoms with van der Waals surface area (Å²) in [5, 5.41) is 0. The van der Waals surface area contributed by atoms with Gasteiger partial charge in [0.25, 0.3) is 0 Å². The molecule has 1 rings (SSSR count). The highest BCUT2D eigenvalue weighted by molar-refractivity contribution is 5.27. The minimum Gasteiger partial charge on any atom is -0.494 e. The predicted molar refractivity (Wildman–Crippen MR) is 51.9 cm³/mol. The zero-order chi connectivity index (χ0) is 9.52. The number of hydrogen-bond acceptors (Lipinski definition) is 1. The monoisotopic (exact) mass is 181 g/mol. The van der Waals surface area contributed by atoms with Gasteiger partial charge in [-0.2, -0.15) is 0 Å². The van der Waals surface area contributed by atoms with Crippen molar-refractivity contribution < 1.29 is 9.13 Å². The molecule has 0 spiro atoms. The molecule has 0 saturated heterocycles. The molecule has 0 aliphatic heterocycles. The molecular weight excluding hydrogens is 166 g/mol. The smallest absolute Gasteiger partial charge is 0.119 e. The topological polar surface area (TPSA) is 9.23 Å². The lowest BCUT2D eigenvalue weighted by atomic mass is 10.2. The van der Waals surface area contributed by atoms with Gasteiger partial charge in [0.05, 0.1) is 13.3 Å². The molecule has 0 N–H and O–H groups in total. The van der Waals surface area contributed by atoms with Crippen LogP contribution in [-0.4, -0.2) is 13.3 Å². The number of benzene rings is 1. The molecule has 0 heterocycles. The van der Waals surface area contributed by atoms with Gasteiger partial charge in [-0.05, 0) is 24.1 Å². The third kappa shape index (κ3) is 3.45. The summed E-state index contributed by atoms with van der Waals surface area (Å²) in [5.41, 5.74) is 1.29. The maximum atomic E-state index is 11.7. The van der Waals surface area contributed by atoms with E-state index in [2.05, 4.69) is 6.92 Å². The number of halogens is 1. The van der Waals surface area contributed by atoms with Gasteiger partial charge in [-0.1, -0.05) is 19.1 Å². The molecule has 1 aromatic rings. The van der Waals surface area contributed by atoms with Crippen molar-refractivity contribution in [2.45, 2.75) is 19.8 Å². The Balaban J connectivity index is 2.40. The molecule has 0 fully saturated rings. The summed E-state index contributed by atoms with van der Waals surface area (Å²) in [7, 11) is 0. The summed E-state index contributed by atoms with van der Waals surface area (Å²) in [6.07, 6.45) is 1.50. The van der Waals surface area contributed by atoms with Crippen LogP contribution >= 0.6 is 0 Å². The Hall–Kier alpha value is -1.05. The van der Waals surface area contributed by atoms with Crippen LogP contribution in [0.4, 0.5) is 4.39 Å². The molecule has 2 heteroatoms. The molecule has 0 saturated carbocycles. The fourth-order valence-electron chi connectivity index (χ4n) is 1.07. The van der Waals surface area contributed by atoms with E-state index in [1.807, 2.05) is 24.3 Å². The van der Waals surface area contributed by atoms with Crippen molar-refractivity contribution in [2.24, 2.45) is 0 Å². The molecule has 0 aromatic heterocycles. The third-order valence-corrected chi connectivity index (χ3v) is 1.88. The van der Waals surface area contributed by atoms with Crippen LogP contribution in [0.5, 0.6) is 5.75 Å². The maximum absolute atomic E-state index is 11.7. The van der Waals surface area contributed by atoms with Gasteiger partial charge in [0, 0.05) is 6.42 Å². The number of rotatable bonds is 5. The first kappa shape index (κ1) is 10.0. The molecule has 1 nitrogen and oxygen atoms in total. The Kier molecular flexibility index (Phi) is 4.30. The lowest BCUT2D eigenvalue weighted by molar-refractivity contribution is 0.289. The number of hydrogen-bond donors (Lipinski definition) is 0. The van der Waals surface area contributed by atoms with Gasteiger partial charge in [0.2, 0.25) is 0 Å². The van der Waals surface area contributed by atoms with Crippen molar-refractivity contribution in [3.8, 4) is 5.75 Å². The second-order valence-electron chi connectivity index (χ2n) is 2.89. The lowest BCUT2D eigenvalue weighted by Crippen LogP contribution is -1.97. The summed E-state index contributed by atoms with van der Waals surface area (Å²) in [5.74, 6) is 0.825. The highest BCUT2D eigenvalue weighted by atomic mass is 18.2. The van der Waals surface area contributed by atoms with E-state index in [1.165, 1.54) is 5.56 Å². The second-order valence-corrected chi connectivity index (χ2v) is 2.89. The summed E-state index contributed by atoms with van der Waals surface area (Å²) in [6, 6.07) is 7.92. The summed E-state index contributed by atoms with van der Waals surface area (Å²) >= 11 is 0. The summed E-state index contributed by atoms with van der Waals surface area (Å²) < 4.78 is 17.0. The van der Waals surface area contributed by atoms with Gasteiger partial charge in [0.15, 0.2) is 0 Å². The van der Waals surface area contributed by atoms with Crippen LogP contribution in [-0.2, 0) is 6.42 Å². The van der Waals surface area contributed by atoms with E-state index < -0.39 is 0 Å².